The number of hydrogen-bond acceptors (Lipinski definition) is 6. The summed E-state index contributed by atoms with van der Waals surface area (Å²) in [6.07, 6.45) is 0. The largest absolute Gasteiger partial charge is 0.507 e. The molecule has 1 amide bonds. The molecule has 1 aliphatic rings. The van der Waals surface area contributed by atoms with Crippen molar-refractivity contribution < 1.29 is 19.4 Å². The summed E-state index contributed by atoms with van der Waals surface area (Å²) >= 11 is 0. The molecule has 0 saturated carbocycles. The van der Waals surface area contributed by atoms with Crippen LogP contribution in [0.1, 0.15) is 57.4 Å². The Balaban J connectivity index is 1.92. The number of rotatable bonds is 8. The Bertz CT molecular complexity index is 1450. The van der Waals surface area contributed by atoms with Crippen molar-refractivity contribution in [3.8, 4) is 5.75 Å². The van der Waals surface area contributed by atoms with Crippen molar-refractivity contribution in [2.24, 2.45) is 0 Å². The Morgan fingerprint density at radius 1 is 0.902 bits per heavy atom. The van der Waals surface area contributed by atoms with E-state index in [1.54, 1.807) is 19.2 Å². The molecule has 0 bridgehead atoms. The molecule has 1 unspecified atom stereocenters. The smallest absolute Gasteiger partial charge is 0.300 e. The van der Waals surface area contributed by atoms with Crippen LogP contribution in [0.5, 0.6) is 5.75 Å². The van der Waals surface area contributed by atoms with E-state index in [4.69, 9.17) is 4.74 Å². The molecule has 7 heteroatoms. The Morgan fingerprint density at radius 3 is 2.00 bits per heavy atom. The third-order valence-corrected chi connectivity index (χ3v) is 7.71. The number of nitrogens with zero attached hydrogens (tertiary/aromatic N) is 3. The zero-order chi connectivity index (χ0) is 30.1. The first-order chi connectivity index (χ1) is 19.4. The van der Waals surface area contributed by atoms with Gasteiger partial charge in [0.05, 0.1) is 18.7 Å². The molecule has 3 aromatic carbocycles. The minimum atomic E-state index is -0.800. The van der Waals surface area contributed by atoms with Crippen LogP contribution in [-0.4, -0.2) is 51.1 Å². The highest BCUT2D eigenvalue weighted by Crippen LogP contribution is 2.43. The number of carbonyl (C=O) groups excluding carboxylic acids is 2. The standard InChI is InChI=1S/C34H41N3O4/c1-9-36(10-2)25-14-11-22(12-15-25)30-29(31(38)23-13-20-28(41-8)27(21-23)34(3,4)5)32(39)33(40)37(30)26-18-16-24(17-19-26)35(6)7/h11-21,30,38H,9-10H2,1-8H3/b31-29-. The van der Waals surface area contributed by atoms with Gasteiger partial charge in [0, 0.05) is 55.4 Å². The molecule has 7 nitrogen and oxygen atoms in total. The van der Waals surface area contributed by atoms with Crippen molar-refractivity contribution >= 4 is 34.5 Å². The van der Waals surface area contributed by atoms with E-state index in [1.165, 1.54) is 4.90 Å². The maximum absolute atomic E-state index is 13.7. The fourth-order valence-corrected chi connectivity index (χ4v) is 5.38. The molecule has 0 spiro atoms. The topological polar surface area (TPSA) is 73.3 Å². The highest BCUT2D eigenvalue weighted by atomic mass is 16.5. The number of hydrogen-bond donors (Lipinski definition) is 1. The average molecular weight is 556 g/mol. The van der Waals surface area contributed by atoms with Crippen molar-refractivity contribution in [3.05, 3.63) is 89.0 Å². The van der Waals surface area contributed by atoms with Gasteiger partial charge in [-0.2, -0.15) is 0 Å². The molecule has 1 fully saturated rings. The Labute approximate surface area is 243 Å². The van der Waals surface area contributed by atoms with E-state index in [9.17, 15) is 14.7 Å². The van der Waals surface area contributed by atoms with E-state index in [0.717, 1.165) is 35.6 Å². The summed E-state index contributed by atoms with van der Waals surface area (Å²) in [6, 6.07) is 19.9. The van der Waals surface area contributed by atoms with Crippen molar-refractivity contribution in [3.63, 3.8) is 0 Å². The number of aliphatic hydroxyl groups is 1. The van der Waals surface area contributed by atoms with E-state index < -0.39 is 17.7 Å². The predicted octanol–water partition coefficient (Wildman–Crippen LogP) is 6.53. The van der Waals surface area contributed by atoms with Crippen LogP contribution in [0.4, 0.5) is 17.1 Å². The zero-order valence-electron chi connectivity index (χ0n) is 25.4. The third-order valence-electron chi connectivity index (χ3n) is 7.71. The van der Waals surface area contributed by atoms with Gasteiger partial charge in [0.25, 0.3) is 11.7 Å². The van der Waals surface area contributed by atoms with Crippen LogP contribution < -0.4 is 19.4 Å². The summed E-state index contributed by atoms with van der Waals surface area (Å²) in [5.41, 5.74) is 4.48. The molecule has 216 valence electrons. The number of aliphatic hydroxyl groups excluding tert-OH is 1. The van der Waals surface area contributed by atoms with Gasteiger partial charge in [0.2, 0.25) is 0 Å². The number of amides is 1. The molecule has 1 atom stereocenters. The van der Waals surface area contributed by atoms with Crippen molar-refractivity contribution in [1.29, 1.82) is 0 Å². The second kappa shape index (κ2) is 11.7. The summed E-state index contributed by atoms with van der Waals surface area (Å²) in [7, 11) is 5.50. The summed E-state index contributed by atoms with van der Waals surface area (Å²) in [4.78, 5) is 33.0. The number of methoxy groups -OCH3 is 1. The number of ether oxygens (including phenoxy) is 1. The number of Topliss-reactive ketones (excluding diaryl/α,β-unsaturated/α-hetero) is 1. The maximum Gasteiger partial charge on any atom is 0.300 e. The Morgan fingerprint density at radius 2 is 1.49 bits per heavy atom. The number of carbonyl (C=O) groups is 2. The van der Waals surface area contributed by atoms with Gasteiger partial charge in [0.1, 0.15) is 11.5 Å². The van der Waals surface area contributed by atoms with Crippen LogP contribution in [0, 0.1) is 0 Å². The maximum atomic E-state index is 13.7. The fourth-order valence-electron chi connectivity index (χ4n) is 5.38. The van der Waals surface area contributed by atoms with Crippen LogP contribution in [0.2, 0.25) is 0 Å². The average Bonchev–Trinajstić information content (AvgIpc) is 3.22. The SMILES string of the molecule is CCN(CC)c1ccc(C2/C(=C(/O)c3ccc(OC)c(C(C)(C)C)c3)C(=O)C(=O)N2c2ccc(N(C)C)cc2)cc1. The molecule has 0 aliphatic carbocycles. The number of anilines is 3. The van der Waals surface area contributed by atoms with Crippen LogP contribution in [0.15, 0.2) is 72.3 Å². The van der Waals surface area contributed by atoms with Crippen LogP contribution in [0.3, 0.4) is 0 Å². The third kappa shape index (κ3) is 5.67. The van der Waals surface area contributed by atoms with Crippen LogP contribution in [0.25, 0.3) is 5.76 Å². The minimum Gasteiger partial charge on any atom is -0.507 e. The second-order valence-corrected chi connectivity index (χ2v) is 11.5. The molecule has 4 rings (SSSR count). The molecule has 3 aromatic rings. The van der Waals surface area contributed by atoms with Gasteiger partial charge < -0.3 is 19.6 Å². The Kier molecular flexibility index (Phi) is 8.47. The van der Waals surface area contributed by atoms with E-state index in [2.05, 4.69) is 39.5 Å². The molecule has 1 aliphatic heterocycles. The monoisotopic (exact) mass is 555 g/mol. The van der Waals surface area contributed by atoms with Crippen LogP contribution >= 0.6 is 0 Å². The lowest BCUT2D eigenvalue weighted by Crippen LogP contribution is -2.29. The van der Waals surface area contributed by atoms with E-state index in [0.29, 0.717) is 17.0 Å². The Hall–Kier alpha value is -4.26. The lowest BCUT2D eigenvalue weighted by Gasteiger charge is -2.27. The molecule has 0 aromatic heterocycles. The van der Waals surface area contributed by atoms with E-state index in [1.807, 2.05) is 73.6 Å². The van der Waals surface area contributed by atoms with Crippen molar-refractivity contribution in [1.82, 2.24) is 0 Å². The lowest BCUT2D eigenvalue weighted by atomic mass is 9.84. The van der Waals surface area contributed by atoms with Gasteiger partial charge in [-0.25, -0.2) is 0 Å². The zero-order valence-corrected chi connectivity index (χ0v) is 25.4. The fraction of sp³-hybridized carbons (Fsp3) is 0.353. The number of ketones is 1. The first-order valence-corrected chi connectivity index (χ1v) is 14.0. The predicted molar refractivity (Wildman–Crippen MR) is 167 cm³/mol. The quantitative estimate of drug-likeness (QED) is 0.194. The van der Waals surface area contributed by atoms with Gasteiger partial charge in [0.15, 0.2) is 0 Å². The summed E-state index contributed by atoms with van der Waals surface area (Å²) in [5, 5.41) is 11.7. The van der Waals surface area contributed by atoms with E-state index >= 15 is 0 Å². The van der Waals surface area contributed by atoms with Crippen molar-refractivity contribution in [2.45, 2.75) is 46.1 Å². The summed E-state index contributed by atoms with van der Waals surface area (Å²) in [6.45, 7) is 12.1. The van der Waals surface area contributed by atoms with Crippen molar-refractivity contribution in [2.75, 3.05) is 49.0 Å². The molecular weight excluding hydrogens is 514 g/mol. The van der Waals surface area contributed by atoms with Gasteiger partial charge in [-0.15, -0.1) is 0 Å². The molecule has 1 heterocycles. The minimum absolute atomic E-state index is 0.0623. The summed E-state index contributed by atoms with van der Waals surface area (Å²) in [5.74, 6) is -0.905. The molecule has 1 N–H and O–H groups in total. The molecule has 41 heavy (non-hydrogen) atoms. The lowest BCUT2D eigenvalue weighted by molar-refractivity contribution is -0.132. The van der Waals surface area contributed by atoms with E-state index in [-0.39, 0.29) is 16.7 Å². The summed E-state index contributed by atoms with van der Waals surface area (Å²) < 4.78 is 5.58. The van der Waals surface area contributed by atoms with Gasteiger partial charge in [-0.05, 0) is 79.4 Å². The molecule has 0 radical (unpaired) electrons. The second-order valence-electron chi connectivity index (χ2n) is 11.5. The highest BCUT2D eigenvalue weighted by Gasteiger charge is 2.47. The van der Waals surface area contributed by atoms with Gasteiger partial charge in [-0.3, -0.25) is 14.5 Å². The van der Waals surface area contributed by atoms with Crippen LogP contribution in [-0.2, 0) is 15.0 Å². The first kappa shape index (κ1) is 29.7. The molecular formula is C34H41N3O4. The normalized spacial score (nSPS) is 16.7. The number of benzene rings is 3. The first-order valence-electron chi connectivity index (χ1n) is 14.0. The van der Waals surface area contributed by atoms with Gasteiger partial charge in [-0.1, -0.05) is 32.9 Å². The highest BCUT2D eigenvalue weighted by molar-refractivity contribution is 6.51. The van der Waals surface area contributed by atoms with Gasteiger partial charge >= 0.3 is 0 Å². The molecule has 1 saturated heterocycles.